The fraction of sp³-hybridized carbons (Fsp3) is 0.520. The molecule has 7 nitrogen and oxygen atoms in total. The summed E-state index contributed by atoms with van der Waals surface area (Å²) in [5.74, 6) is -2.56. The van der Waals surface area contributed by atoms with Crippen LogP contribution in [0.4, 0.5) is 13.2 Å². The number of aliphatic hydroxyl groups is 1. The first-order chi connectivity index (χ1) is 17.0. The van der Waals surface area contributed by atoms with Crippen molar-refractivity contribution in [2.45, 2.75) is 36.2 Å². The number of primary sulfonamides is 1. The highest BCUT2D eigenvalue weighted by Gasteiger charge is 2.40. The molecule has 0 spiro atoms. The monoisotopic (exact) mass is 527 g/mol. The van der Waals surface area contributed by atoms with Crippen molar-refractivity contribution in [3.05, 3.63) is 59.2 Å². The quantitative estimate of drug-likeness (QED) is 0.493. The van der Waals surface area contributed by atoms with Crippen LogP contribution in [0.15, 0.2) is 47.4 Å². The van der Waals surface area contributed by atoms with E-state index in [0.29, 0.717) is 30.9 Å². The fourth-order valence-corrected chi connectivity index (χ4v) is 5.57. The largest absolute Gasteiger partial charge is 0.492 e. The van der Waals surface area contributed by atoms with Crippen LogP contribution >= 0.6 is 0 Å². The number of halogens is 3. The Labute approximate surface area is 209 Å². The van der Waals surface area contributed by atoms with E-state index in [9.17, 15) is 26.7 Å². The zero-order chi connectivity index (χ0) is 26.1. The number of rotatable bonds is 10. The summed E-state index contributed by atoms with van der Waals surface area (Å²) in [5, 5.41) is 14.5. The van der Waals surface area contributed by atoms with Crippen molar-refractivity contribution in [2.24, 2.45) is 11.1 Å². The van der Waals surface area contributed by atoms with Gasteiger partial charge in [0.05, 0.1) is 24.2 Å². The molecule has 11 heteroatoms. The summed E-state index contributed by atoms with van der Waals surface area (Å²) in [6, 6.07) is 10.8. The molecule has 2 heterocycles. The van der Waals surface area contributed by atoms with Crippen LogP contribution in [0, 0.1) is 5.92 Å². The van der Waals surface area contributed by atoms with Gasteiger partial charge in [0.25, 0.3) is 5.92 Å². The van der Waals surface area contributed by atoms with Crippen LogP contribution in [0.2, 0.25) is 0 Å². The smallest absolute Gasteiger partial charge is 0.283 e. The van der Waals surface area contributed by atoms with Crippen molar-refractivity contribution in [1.82, 2.24) is 9.80 Å². The minimum absolute atomic E-state index is 0.0230. The molecule has 2 aromatic rings. The summed E-state index contributed by atoms with van der Waals surface area (Å²) < 4.78 is 70.7. The second-order valence-electron chi connectivity index (χ2n) is 9.75. The third-order valence-electron chi connectivity index (χ3n) is 6.92. The summed E-state index contributed by atoms with van der Waals surface area (Å²) in [4.78, 5) is 3.73. The first kappa shape index (κ1) is 26.9. The number of benzene rings is 2. The lowest BCUT2D eigenvalue weighted by molar-refractivity contribution is -0.0862. The number of aliphatic hydroxyl groups excluding tert-OH is 1. The molecule has 36 heavy (non-hydrogen) atoms. The van der Waals surface area contributed by atoms with Gasteiger partial charge in [0, 0.05) is 31.6 Å². The third kappa shape index (κ3) is 6.03. The topological polar surface area (TPSA) is 96.1 Å². The van der Waals surface area contributed by atoms with E-state index < -0.39 is 35.1 Å². The number of fused-ring (bicyclic) bond motifs is 1. The highest BCUT2D eigenvalue weighted by molar-refractivity contribution is 7.89. The van der Waals surface area contributed by atoms with Crippen molar-refractivity contribution < 1.29 is 31.4 Å². The molecule has 1 saturated heterocycles. The van der Waals surface area contributed by atoms with Crippen LogP contribution < -0.4 is 9.88 Å². The summed E-state index contributed by atoms with van der Waals surface area (Å²) in [6.45, 7) is 2.20. The predicted octanol–water partition coefficient (Wildman–Crippen LogP) is 2.58. The Morgan fingerprint density at radius 3 is 2.47 bits per heavy atom. The molecule has 2 aliphatic rings. The molecule has 0 saturated carbocycles. The summed E-state index contributed by atoms with van der Waals surface area (Å²) >= 11 is 0. The molecule has 2 aromatic carbocycles. The molecule has 1 fully saturated rings. The number of nitrogens with zero attached hydrogens (tertiary/aromatic N) is 2. The van der Waals surface area contributed by atoms with Gasteiger partial charge in [0.2, 0.25) is 10.0 Å². The second-order valence-corrected chi connectivity index (χ2v) is 11.3. The number of hydrogen-bond acceptors (Lipinski definition) is 6. The van der Waals surface area contributed by atoms with Crippen molar-refractivity contribution >= 4 is 10.0 Å². The van der Waals surface area contributed by atoms with Gasteiger partial charge in [-0.05, 0) is 54.3 Å². The van der Waals surface area contributed by atoms with Crippen LogP contribution in [-0.4, -0.2) is 81.4 Å². The Morgan fingerprint density at radius 2 is 1.86 bits per heavy atom. The van der Waals surface area contributed by atoms with E-state index >= 15 is 0 Å². The van der Waals surface area contributed by atoms with E-state index in [1.807, 2.05) is 12.1 Å². The molecule has 4 rings (SSSR count). The number of sulfonamides is 1. The molecule has 0 amide bonds. The van der Waals surface area contributed by atoms with Crippen LogP contribution in [0.5, 0.6) is 5.75 Å². The fourth-order valence-electron chi connectivity index (χ4n) is 5.00. The Hall–Kier alpha value is -2.18. The SMILES string of the molecule is C[C@@H]1Cc2cc(S(N)(=O)=O)ccc2[C@@H](c2ccc(OCCN3CC(CF)C3)cc2)N1CC(F)(F)CO. The molecule has 0 aliphatic carbocycles. The Balaban J connectivity index is 1.57. The molecule has 198 valence electrons. The summed E-state index contributed by atoms with van der Waals surface area (Å²) in [6.07, 6.45) is 0.359. The number of hydrogen-bond donors (Lipinski definition) is 2. The summed E-state index contributed by atoms with van der Waals surface area (Å²) in [5.41, 5.74) is 2.17. The zero-order valence-corrected chi connectivity index (χ0v) is 20.9. The van der Waals surface area contributed by atoms with E-state index in [4.69, 9.17) is 9.88 Å². The van der Waals surface area contributed by atoms with Crippen LogP contribution in [-0.2, 0) is 16.4 Å². The van der Waals surface area contributed by atoms with E-state index in [1.165, 1.54) is 12.1 Å². The van der Waals surface area contributed by atoms with Gasteiger partial charge in [-0.1, -0.05) is 18.2 Å². The first-order valence-electron chi connectivity index (χ1n) is 11.9. The van der Waals surface area contributed by atoms with Gasteiger partial charge < -0.3 is 9.84 Å². The molecule has 0 aromatic heterocycles. The third-order valence-corrected chi connectivity index (χ3v) is 7.83. The average molecular weight is 528 g/mol. The second kappa shape index (κ2) is 10.7. The van der Waals surface area contributed by atoms with Gasteiger partial charge >= 0.3 is 0 Å². The van der Waals surface area contributed by atoms with Gasteiger partial charge in [-0.2, -0.15) is 0 Å². The maximum absolute atomic E-state index is 14.3. The highest BCUT2D eigenvalue weighted by atomic mass is 32.2. The zero-order valence-electron chi connectivity index (χ0n) is 20.1. The van der Waals surface area contributed by atoms with Crippen molar-refractivity contribution in [3.63, 3.8) is 0 Å². The van der Waals surface area contributed by atoms with E-state index in [1.54, 1.807) is 30.0 Å². The van der Waals surface area contributed by atoms with E-state index in [2.05, 4.69) is 4.90 Å². The first-order valence-corrected chi connectivity index (χ1v) is 13.5. The normalized spacial score (nSPS) is 21.7. The van der Waals surface area contributed by atoms with Crippen molar-refractivity contribution in [1.29, 1.82) is 0 Å². The Bertz CT molecular complexity index is 1160. The molecular weight excluding hydrogens is 495 g/mol. The number of nitrogens with two attached hydrogens (primary N) is 1. The highest BCUT2D eigenvalue weighted by Crippen LogP contribution is 2.40. The lowest BCUT2D eigenvalue weighted by Gasteiger charge is -2.43. The summed E-state index contributed by atoms with van der Waals surface area (Å²) in [7, 11) is -3.91. The van der Waals surface area contributed by atoms with Gasteiger partial charge in [-0.15, -0.1) is 0 Å². The van der Waals surface area contributed by atoms with Crippen LogP contribution in [0.25, 0.3) is 0 Å². The van der Waals surface area contributed by atoms with Crippen LogP contribution in [0.1, 0.15) is 29.7 Å². The number of ether oxygens (including phenoxy) is 1. The predicted molar refractivity (Wildman–Crippen MR) is 129 cm³/mol. The Morgan fingerprint density at radius 1 is 1.17 bits per heavy atom. The average Bonchev–Trinajstić information content (AvgIpc) is 2.80. The van der Waals surface area contributed by atoms with E-state index in [-0.39, 0.29) is 23.5 Å². The molecule has 2 aliphatic heterocycles. The molecular formula is C25H32F3N3O4S. The number of alkyl halides is 3. The molecule has 0 unspecified atom stereocenters. The van der Waals surface area contributed by atoms with Gasteiger partial charge in [-0.3, -0.25) is 14.2 Å². The molecule has 0 radical (unpaired) electrons. The van der Waals surface area contributed by atoms with E-state index in [0.717, 1.165) is 24.2 Å². The molecule has 2 atom stereocenters. The van der Waals surface area contributed by atoms with Crippen LogP contribution in [0.3, 0.4) is 0 Å². The Kier molecular flexibility index (Phi) is 7.96. The maximum atomic E-state index is 14.3. The lowest BCUT2D eigenvalue weighted by Crippen LogP contribution is -2.49. The van der Waals surface area contributed by atoms with Gasteiger partial charge in [0.15, 0.2) is 0 Å². The maximum Gasteiger partial charge on any atom is 0.283 e. The molecule has 0 bridgehead atoms. The van der Waals surface area contributed by atoms with Gasteiger partial charge in [0.1, 0.15) is 19.0 Å². The van der Waals surface area contributed by atoms with Gasteiger partial charge in [-0.25, -0.2) is 22.3 Å². The standard InChI is InChI=1S/C25H32F3N3O4S/c1-17-10-20-11-22(36(29,33)34)6-7-23(20)24(31(17)15-25(27,28)16-32)19-2-4-21(5-3-19)35-9-8-30-13-18(12-26)14-30/h2-7,11,17-18,24,32H,8-10,12-16H2,1H3,(H2,29,33,34)/t17-,24-/m1/s1. The lowest BCUT2D eigenvalue weighted by atomic mass is 9.85. The van der Waals surface area contributed by atoms with Crippen molar-refractivity contribution in [3.8, 4) is 5.75 Å². The van der Waals surface area contributed by atoms with Crippen molar-refractivity contribution in [2.75, 3.05) is 46.1 Å². The molecule has 3 N–H and O–H groups in total. The number of likely N-dealkylation sites (tertiary alicyclic amines) is 1. The minimum atomic E-state index is -3.91. The minimum Gasteiger partial charge on any atom is -0.492 e.